The minimum Gasteiger partial charge on any atom is -0.497 e. The SMILES string of the molecule is COc1ccc(Cc2c(Cl)cc(CO)cc2O[C@@H]2O[C@H]([C@@H](C)O)[C@@H](O)[C@H](O)[C@H]2O)cc1. The van der Waals surface area contributed by atoms with E-state index in [1.165, 1.54) is 6.92 Å². The standard InChI is InChI=1S/C22H27ClO8/c1-11(25)21-19(27)18(26)20(28)22(31-21)30-17-9-13(10-24)8-16(23)15(17)7-12-3-5-14(29-2)6-4-12/h3-6,8-9,11,18-22,24-28H,7,10H2,1-2H3/t11-,18+,19+,20-,21-,22-/m1/s1. The van der Waals surface area contributed by atoms with Crippen LogP contribution in [0.1, 0.15) is 23.6 Å². The molecule has 0 saturated carbocycles. The van der Waals surface area contributed by atoms with E-state index in [0.29, 0.717) is 28.3 Å². The van der Waals surface area contributed by atoms with Crippen molar-refractivity contribution in [1.29, 1.82) is 0 Å². The minimum atomic E-state index is -1.58. The average molecular weight is 455 g/mol. The van der Waals surface area contributed by atoms with Gasteiger partial charge in [-0.15, -0.1) is 0 Å². The molecule has 2 aromatic carbocycles. The van der Waals surface area contributed by atoms with Crippen molar-refractivity contribution in [3.05, 3.63) is 58.1 Å². The molecule has 2 aromatic rings. The van der Waals surface area contributed by atoms with Crippen LogP contribution in [0.2, 0.25) is 5.02 Å². The second-order valence-electron chi connectivity index (χ2n) is 7.54. The Morgan fingerprint density at radius 3 is 2.29 bits per heavy atom. The Labute approximate surface area is 185 Å². The minimum absolute atomic E-state index is 0.240. The van der Waals surface area contributed by atoms with Gasteiger partial charge in [-0.25, -0.2) is 0 Å². The second kappa shape index (κ2) is 10.1. The van der Waals surface area contributed by atoms with Crippen molar-refractivity contribution in [1.82, 2.24) is 0 Å². The Kier molecular flexibility index (Phi) is 7.77. The van der Waals surface area contributed by atoms with E-state index in [2.05, 4.69) is 0 Å². The van der Waals surface area contributed by atoms with Gasteiger partial charge in [0.25, 0.3) is 0 Å². The lowest BCUT2D eigenvalue weighted by Gasteiger charge is -2.41. The van der Waals surface area contributed by atoms with Crippen molar-refractivity contribution in [2.45, 2.75) is 56.8 Å². The average Bonchev–Trinajstić information content (AvgIpc) is 2.76. The number of aliphatic hydroxyl groups is 5. The molecule has 0 aliphatic carbocycles. The molecule has 1 heterocycles. The molecular weight excluding hydrogens is 428 g/mol. The predicted octanol–water partition coefficient (Wildman–Crippen LogP) is 0.999. The molecule has 31 heavy (non-hydrogen) atoms. The maximum absolute atomic E-state index is 10.4. The monoisotopic (exact) mass is 454 g/mol. The summed E-state index contributed by atoms with van der Waals surface area (Å²) in [6.45, 7) is 1.11. The molecule has 6 atom stereocenters. The molecule has 1 saturated heterocycles. The summed E-state index contributed by atoms with van der Waals surface area (Å²) >= 11 is 6.46. The van der Waals surface area contributed by atoms with Crippen molar-refractivity contribution in [3.63, 3.8) is 0 Å². The lowest BCUT2D eigenvalue weighted by Crippen LogP contribution is -2.61. The summed E-state index contributed by atoms with van der Waals surface area (Å²) in [5, 5.41) is 50.4. The number of aliphatic hydroxyl groups excluding tert-OH is 5. The van der Waals surface area contributed by atoms with Gasteiger partial charge in [-0.05, 0) is 42.3 Å². The lowest BCUT2D eigenvalue weighted by atomic mass is 9.96. The number of methoxy groups -OCH3 is 1. The Bertz CT molecular complexity index is 873. The summed E-state index contributed by atoms with van der Waals surface area (Å²) in [5.41, 5.74) is 1.97. The normalized spacial score (nSPS) is 27.0. The molecule has 8 nitrogen and oxygen atoms in total. The van der Waals surface area contributed by atoms with Crippen LogP contribution in [-0.4, -0.2) is 69.5 Å². The summed E-state index contributed by atoms with van der Waals surface area (Å²) < 4.78 is 16.6. The van der Waals surface area contributed by atoms with Gasteiger partial charge in [0.15, 0.2) is 0 Å². The molecule has 3 rings (SSSR count). The van der Waals surface area contributed by atoms with Crippen LogP contribution in [0.25, 0.3) is 0 Å². The van der Waals surface area contributed by atoms with E-state index in [1.807, 2.05) is 24.3 Å². The first kappa shape index (κ1) is 23.7. The summed E-state index contributed by atoms with van der Waals surface area (Å²) in [6, 6.07) is 10.5. The molecule has 0 radical (unpaired) electrons. The van der Waals surface area contributed by atoms with E-state index >= 15 is 0 Å². The van der Waals surface area contributed by atoms with Crippen LogP contribution in [0.4, 0.5) is 0 Å². The molecule has 1 aliphatic heterocycles. The summed E-state index contributed by atoms with van der Waals surface area (Å²) in [6.07, 6.45) is -7.93. The third-order valence-corrected chi connectivity index (χ3v) is 5.60. The first-order chi connectivity index (χ1) is 14.7. The first-order valence-corrected chi connectivity index (χ1v) is 10.2. The van der Waals surface area contributed by atoms with Gasteiger partial charge in [-0.3, -0.25) is 0 Å². The Morgan fingerprint density at radius 1 is 1.03 bits per heavy atom. The van der Waals surface area contributed by atoms with E-state index < -0.39 is 36.8 Å². The maximum atomic E-state index is 10.4. The first-order valence-electron chi connectivity index (χ1n) is 9.84. The molecule has 170 valence electrons. The number of hydrogen-bond donors (Lipinski definition) is 5. The number of halogens is 1. The molecule has 1 fully saturated rings. The zero-order valence-corrected chi connectivity index (χ0v) is 17.9. The van der Waals surface area contributed by atoms with Gasteiger partial charge in [0.05, 0.1) is 19.8 Å². The molecule has 9 heteroatoms. The van der Waals surface area contributed by atoms with Crippen LogP contribution in [0, 0.1) is 0 Å². The molecule has 0 spiro atoms. The van der Waals surface area contributed by atoms with Crippen molar-refractivity contribution in [3.8, 4) is 11.5 Å². The molecule has 1 aliphatic rings. The third kappa shape index (κ3) is 5.30. The molecule has 0 aromatic heterocycles. The van der Waals surface area contributed by atoms with Gasteiger partial charge in [0, 0.05) is 17.0 Å². The largest absolute Gasteiger partial charge is 0.497 e. The molecule has 0 bridgehead atoms. The van der Waals surface area contributed by atoms with Gasteiger partial charge in [-0.2, -0.15) is 0 Å². The van der Waals surface area contributed by atoms with Gasteiger partial charge in [-0.1, -0.05) is 23.7 Å². The topological polar surface area (TPSA) is 129 Å². The highest BCUT2D eigenvalue weighted by Crippen LogP contribution is 2.34. The number of hydrogen-bond acceptors (Lipinski definition) is 8. The fourth-order valence-electron chi connectivity index (χ4n) is 3.48. The van der Waals surface area contributed by atoms with Gasteiger partial charge < -0.3 is 39.7 Å². The van der Waals surface area contributed by atoms with E-state index in [9.17, 15) is 25.5 Å². The lowest BCUT2D eigenvalue weighted by molar-refractivity contribution is -0.286. The van der Waals surface area contributed by atoms with Crippen LogP contribution in [0.5, 0.6) is 11.5 Å². The predicted molar refractivity (Wildman–Crippen MR) is 112 cm³/mol. The molecule has 5 N–H and O–H groups in total. The second-order valence-corrected chi connectivity index (χ2v) is 7.94. The van der Waals surface area contributed by atoms with Crippen LogP contribution in [-0.2, 0) is 17.8 Å². The highest BCUT2D eigenvalue weighted by molar-refractivity contribution is 6.31. The number of benzene rings is 2. The highest BCUT2D eigenvalue weighted by Gasteiger charge is 2.46. The van der Waals surface area contributed by atoms with Gasteiger partial charge >= 0.3 is 0 Å². The van der Waals surface area contributed by atoms with Crippen molar-refractivity contribution >= 4 is 11.6 Å². The van der Waals surface area contributed by atoms with E-state index in [1.54, 1.807) is 19.2 Å². The Morgan fingerprint density at radius 2 is 1.71 bits per heavy atom. The Balaban J connectivity index is 1.92. The van der Waals surface area contributed by atoms with Crippen LogP contribution in [0.15, 0.2) is 36.4 Å². The van der Waals surface area contributed by atoms with Crippen molar-refractivity contribution in [2.24, 2.45) is 0 Å². The highest BCUT2D eigenvalue weighted by atomic mass is 35.5. The van der Waals surface area contributed by atoms with E-state index in [4.69, 9.17) is 25.8 Å². The van der Waals surface area contributed by atoms with Crippen LogP contribution >= 0.6 is 11.6 Å². The Hall–Kier alpha value is -1.91. The van der Waals surface area contributed by atoms with Crippen molar-refractivity contribution in [2.75, 3.05) is 7.11 Å². The molecule has 0 amide bonds. The van der Waals surface area contributed by atoms with E-state index in [0.717, 1.165) is 5.56 Å². The third-order valence-electron chi connectivity index (χ3n) is 5.26. The smallest absolute Gasteiger partial charge is 0.229 e. The van der Waals surface area contributed by atoms with Crippen LogP contribution in [0.3, 0.4) is 0 Å². The fraction of sp³-hybridized carbons (Fsp3) is 0.455. The number of ether oxygens (including phenoxy) is 3. The number of rotatable bonds is 7. The quantitative estimate of drug-likeness (QED) is 0.419. The van der Waals surface area contributed by atoms with Crippen molar-refractivity contribution < 1.29 is 39.7 Å². The summed E-state index contributed by atoms with van der Waals surface area (Å²) in [7, 11) is 1.58. The summed E-state index contributed by atoms with van der Waals surface area (Å²) in [4.78, 5) is 0. The molecule has 0 unspecified atom stereocenters. The van der Waals surface area contributed by atoms with Gasteiger partial charge in [0.1, 0.15) is 35.9 Å². The van der Waals surface area contributed by atoms with Gasteiger partial charge in [0.2, 0.25) is 6.29 Å². The van der Waals surface area contributed by atoms with E-state index in [-0.39, 0.29) is 12.4 Å². The maximum Gasteiger partial charge on any atom is 0.229 e. The summed E-state index contributed by atoms with van der Waals surface area (Å²) in [5.74, 6) is 0.946. The fourth-order valence-corrected chi connectivity index (χ4v) is 3.78. The zero-order valence-electron chi connectivity index (χ0n) is 17.2. The zero-order chi connectivity index (χ0) is 22.7. The molecular formula is C22H27ClO8. The van der Waals surface area contributed by atoms with Crippen LogP contribution < -0.4 is 9.47 Å².